The van der Waals surface area contributed by atoms with Gasteiger partial charge >= 0.3 is 12.2 Å². The molecule has 0 bridgehead atoms. The molecule has 0 spiro atoms. The van der Waals surface area contributed by atoms with E-state index >= 15 is 0 Å². The standard InChI is InChI=1S/C2H3NO5/c3-1(4)7-2(5)8-6/h6H,(H2,3,4). The van der Waals surface area contributed by atoms with Crippen molar-refractivity contribution in [3.8, 4) is 0 Å². The van der Waals surface area contributed by atoms with Crippen LogP contribution in [0.5, 0.6) is 0 Å². The summed E-state index contributed by atoms with van der Waals surface area (Å²) >= 11 is 0. The third-order valence-corrected chi connectivity index (χ3v) is 0.258. The van der Waals surface area contributed by atoms with Crippen LogP contribution in [0, 0.1) is 0 Å². The summed E-state index contributed by atoms with van der Waals surface area (Å²) in [6, 6.07) is 0. The molecule has 0 aliphatic carbocycles. The number of amides is 1. The van der Waals surface area contributed by atoms with Crippen LogP contribution in [0.1, 0.15) is 0 Å². The molecule has 0 fully saturated rings. The maximum Gasteiger partial charge on any atom is 0.549 e. The van der Waals surface area contributed by atoms with Crippen LogP contribution in [0.15, 0.2) is 0 Å². The van der Waals surface area contributed by atoms with Gasteiger partial charge in [-0.2, -0.15) is 5.26 Å². The zero-order valence-electron chi connectivity index (χ0n) is 3.66. The second-order valence-corrected chi connectivity index (χ2v) is 0.762. The lowest BCUT2D eigenvalue weighted by Gasteiger charge is -1.90. The van der Waals surface area contributed by atoms with Crippen molar-refractivity contribution >= 4 is 12.2 Å². The number of carbonyl (C=O) groups excluding carboxylic acids is 2. The van der Waals surface area contributed by atoms with Crippen LogP contribution in [0.2, 0.25) is 0 Å². The molecule has 0 atom stereocenters. The first-order valence-electron chi connectivity index (χ1n) is 1.49. The molecule has 0 saturated carbocycles. The minimum absolute atomic E-state index is 1.33. The van der Waals surface area contributed by atoms with Crippen molar-refractivity contribution in [3.05, 3.63) is 0 Å². The van der Waals surface area contributed by atoms with Gasteiger partial charge in [0.25, 0.3) is 0 Å². The lowest BCUT2D eigenvalue weighted by atomic mass is 11.2. The highest BCUT2D eigenvalue weighted by Crippen LogP contribution is 1.78. The Labute approximate surface area is 43.7 Å². The molecule has 46 valence electrons. The first-order valence-corrected chi connectivity index (χ1v) is 1.49. The Hall–Kier alpha value is -1.30. The highest BCUT2D eigenvalue weighted by Gasteiger charge is 2.04. The summed E-state index contributed by atoms with van der Waals surface area (Å²) in [6.45, 7) is 0. The maximum atomic E-state index is 9.63. The van der Waals surface area contributed by atoms with Gasteiger partial charge in [-0.25, -0.2) is 9.59 Å². The van der Waals surface area contributed by atoms with Crippen LogP contribution in [-0.2, 0) is 9.62 Å². The summed E-state index contributed by atoms with van der Waals surface area (Å²) in [5.41, 5.74) is 4.30. The van der Waals surface area contributed by atoms with Gasteiger partial charge in [0.15, 0.2) is 0 Å². The minimum atomic E-state index is -1.54. The van der Waals surface area contributed by atoms with E-state index in [-0.39, 0.29) is 0 Å². The molecular formula is C2H3NO5. The summed E-state index contributed by atoms with van der Waals surface area (Å²) < 4.78 is 3.43. The van der Waals surface area contributed by atoms with Crippen molar-refractivity contribution in [3.63, 3.8) is 0 Å². The summed E-state index contributed by atoms with van der Waals surface area (Å²) in [5, 5.41) is 7.40. The van der Waals surface area contributed by atoms with Crippen LogP contribution in [0.25, 0.3) is 0 Å². The molecule has 0 aromatic carbocycles. The molecule has 0 aromatic rings. The monoisotopic (exact) mass is 121 g/mol. The number of ether oxygens (including phenoxy) is 1. The van der Waals surface area contributed by atoms with Crippen molar-refractivity contribution in [2.75, 3.05) is 0 Å². The van der Waals surface area contributed by atoms with Crippen molar-refractivity contribution < 1.29 is 24.5 Å². The summed E-state index contributed by atoms with van der Waals surface area (Å²) in [5.74, 6) is 0. The van der Waals surface area contributed by atoms with Crippen LogP contribution in [0.4, 0.5) is 9.59 Å². The molecule has 0 aliphatic rings. The van der Waals surface area contributed by atoms with E-state index in [9.17, 15) is 9.59 Å². The smallest absolute Gasteiger partial charge is 0.342 e. The summed E-state index contributed by atoms with van der Waals surface area (Å²) in [7, 11) is 0. The molecule has 0 aromatic heterocycles. The van der Waals surface area contributed by atoms with Gasteiger partial charge in [0.2, 0.25) is 0 Å². The van der Waals surface area contributed by atoms with E-state index in [0.29, 0.717) is 0 Å². The van der Waals surface area contributed by atoms with E-state index in [1.165, 1.54) is 0 Å². The quantitative estimate of drug-likeness (QED) is 0.198. The van der Waals surface area contributed by atoms with Gasteiger partial charge in [0.1, 0.15) is 0 Å². The highest BCUT2D eigenvalue weighted by molar-refractivity contribution is 5.78. The molecule has 6 heteroatoms. The first-order chi connectivity index (χ1) is 3.66. The average Bonchev–Trinajstić information content (AvgIpc) is 1.65. The Morgan fingerprint density at radius 3 is 2.12 bits per heavy atom. The van der Waals surface area contributed by atoms with E-state index < -0.39 is 12.2 Å². The van der Waals surface area contributed by atoms with Crippen LogP contribution < -0.4 is 5.73 Å². The fourth-order valence-electron chi connectivity index (χ4n) is 0.101. The predicted molar refractivity (Wildman–Crippen MR) is 19.8 cm³/mol. The molecule has 0 rings (SSSR count). The molecule has 0 saturated heterocycles. The molecular weight excluding hydrogens is 118 g/mol. The molecule has 1 amide bonds. The van der Waals surface area contributed by atoms with Crippen molar-refractivity contribution in [1.29, 1.82) is 0 Å². The largest absolute Gasteiger partial charge is 0.549 e. The Kier molecular flexibility index (Phi) is 2.35. The van der Waals surface area contributed by atoms with Gasteiger partial charge in [-0.3, -0.25) is 4.89 Å². The maximum absolute atomic E-state index is 9.63. The van der Waals surface area contributed by atoms with E-state index in [1.54, 1.807) is 0 Å². The molecule has 0 unspecified atom stereocenters. The molecule has 0 heterocycles. The highest BCUT2D eigenvalue weighted by atomic mass is 17.1. The molecule has 8 heavy (non-hydrogen) atoms. The third-order valence-electron chi connectivity index (χ3n) is 0.258. The SMILES string of the molecule is NC(=O)OC(=O)OO. The lowest BCUT2D eigenvalue weighted by molar-refractivity contribution is -0.194. The Bertz CT molecular complexity index is 109. The number of hydrogen-bond acceptors (Lipinski definition) is 5. The summed E-state index contributed by atoms with van der Waals surface area (Å²) in [4.78, 5) is 22.1. The number of nitrogens with two attached hydrogens (primary N) is 1. The third kappa shape index (κ3) is 2.91. The normalized spacial score (nSPS) is 7.62. The lowest BCUT2D eigenvalue weighted by Crippen LogP contribution is -2.18. The van der Waals surface area contributed by atoms with E-state index in [4.69, 9.17) is 5.26 Å². The van der Waals surface area contributed by atoms with Gasteiger partial charge in [-0.1, -0.05) is 0 Å². The molecule has 0 aliphatic heterocycles. The van der Waals surface area contributed by atoms with Gasteiger partial charge in [0.05, 0.1) is 0 Å². The van der Waals surface area contributed by atoms with Gasteiger partial charge in [-0.15, -0.1) is 0 Å². The second-order valence-electron chi connectivity index (χ2n) is 0.762. The fourth-order valence-corrected chi connectivity index (χ4v) is 0.101. The Morgan fingerprint density at radius 1 is 1.50 bits per heavy atom. The van der Waals surface area contributed by atoms with E-state index in [1.807, 2.05) is 0 Å². The predicted octanol–water partition coefficient (Wildman–Crippen LogP) is -0.309. The molecule has 6 nitrogen and oxygen atoms in total. The molecule has 3 N–H and O–H groups in total. The average molecular weight is 121 g/mol. The molecule has 0 radical (unpaired) electrons. The zero-order chi connectivity index (χ0) is 6.57. The number of hydrogen-bond donors (Lipinski definition) is 2. The van der Waals surface area contributed by atoms with Gasteiger partial charge < -0.3 is 10.5 Å². The van der Waals surface area contributed by atoms with Crippen LogP contribution in [-0.4, -0.2) is 17.5 Å². The number of primary amides is 1. The Balaban J connectivity index is 3.40. The topological polar surface area (TPSA) is 98.9 Å². The second kappa shape index (κ2) is 2.80. The fraction of sp³-hybridized carbons (Fsp3) is 0. The van der Waals surface area contributed by atoms with Crippen LogP contribution >= 0.6 is 0 Å². The zero-order valence-corrected chi connectivity index (χ0v) is 3.66. The van der Waals surface area contributed by atoms with Gasteiger partial charge in [0, 0.05) is 0 Å². The van der Waals surface area contributed by atoms with Gasteiger partial charge in [-0.05, 0) is 0 Å². The first kappa shape index (κ1) is 6.70. The minimum Gasteiger partial charge on any atom is -0.342 e. The van der Waals surface area contributed by atoms with E-state index in [0.717, 1.165) is 0 Å². The van der Waals surface area contributed by atoms with Crippen molar-refractivity contribution in [2.24, 2.45) is 5.73 Å². The van der Waals surface area contributed by atoms with Crippen molar-refractivity contribution in [1.82, 2.24) is 0 Å². The Morgan fingerprint density at radius 2 is 2.00 bits per heavy atom. The number of carbonyl (C=O) groups is 2. The van der Waals surface area contributed by atoms with Crippen molar-refractivity contribution in [2.45, 2.75) is 0 Å². The van der Waals surface area contributed by atoms with E-state index in [2.05, 4.69) is 15.4 Å². The number of rotatable bonds is 0. The van der Waals surface area contributed by atoms with Crippen LogP contribution in [0.3, 0.4) is 0 Å². The summed E-state index contributed by atoms with van der Waals surface area (Å²) in [6.07, 6.45) is -2.87.